The molecular weight excluding hydrogens is 544 g/mol. The first kappa shape index (κ1) is 29.2. The van der Waals surface area contributed by atoms with E-state index in [9.17, 15) is 19.5 Å². The Morgan fingerprint density at radius 2 is 2.08 bits per heavy atom. The van der Waals surface area contributed by atoms with Gasteiger partial charge >= 0.3 is 5.97 Å². The molecule has 4 unspecified atom stereocenters. The van der Waals surface area contributed by atoms with Gasteiger partial charge in [-0.1, -0.05) is 41.4 Å². The number of amides is 2. The van der Waals surface area contributed by atoms with Gasteiger partial charge in [0.15, 0.2) is 0 Å². The molecule has 2 bridgehead atoms. The lowest BCUT2D eigenvalue weighted by Gasteiger charge is -2.39. The van der Waals surface area contributed by atoms with E-state index in [0.29, 0.717) is 26.0 Å². The Labute approximate surface area is 228 Å². The second kappa shape index (κ2) is 13.0. The molecular formula is C27H41BrN2O5S. The Balaban J connectivity index is 1.93. The maximum absolute atomic E-state index is 14.2. The highest BCUT2D eigenvalue weighted by Gasteiger charge is 2.76. The van der Waals surface area contributed by atoms with Gasteiger partial charge in [-0.25, -0.2) is 0 Å². The average Bonchev–Trinajstić information content (AvgIpc) is 3.44. The van der Waals surface area contributed by atoms with Crippen LogP contribution in [0.25, 0.3) is 0 Å². The van der Waals surface area contributed by atoms with Crippen LogP contribution < -0.4 is 0 Å². The van der Waals surface area contributed by atoms with Crippen molar-refractivity contribution in [1.82, 2.24) is 9.80 Å². The van der Waals surface area contributed by atoms with Gasteiger partial charge in [-0.15, -0.1) is 24.9 Å². The molecule has 0 aromatic heterocycles. The third kappa shape index (κ3) is 5.44. The number of esters is 1. The standard InChI is InChI=1S/C27H41BrN2O5S/c1-5-8-9-10-16-35-26(34)20-21-24(32)30(14-11-15-31)23(27(21)17-19(28)22(20)36-27)25(33)29(13-7-3)18(4)12-6-2/h5,7,18-23,31H,1,3,6,8-17H2,2,4H3/t18?,19?,20-,21-,22-,23?,27?/m0/s1. The molecule has 0 saturated carbocycles. The first-order valence-corrected chi connectivity index (χ1v) is 15.0. The third-order valence-electron chi connectivity index (χ3n) is 7.75. The molecule has 9 heteroatoms. The number of allylic oxidation sites excluding steroid dienone is 1. The Morgan fingerprint density at radius 3 is 2.72 bits per heavy atom. The predicted octanol–water partition coefficient (Wildman–Crippen LogP) is 3.94. The smallest absolute Gasteiger partial charge is 0.310 e. The van der Waals surface area contributed by atoms with E-state index in [1.807, 2.05) is 17.9 Å². The van der Waals surface area contributed by atoms with Crippen LogP contribution in [-0.2, 0) is 19.1 Å². The summed E-state index contributed by atoms with van der Waals surface area (Å²) in [4.78, 5) is 45.0. The van der Waals surface area contributed by atoms with E-state index in [1.54, 1.807) is 22.7 Å². The minimum absolute atomic E-state index is 0.00504. The number of carbonyl (C=O) groups excluding carboxylic acids is 3. The zero-order valence-electron chi connectivity index (χ0n) is 21.6. The van der Waals surface area contributed by atoms with Crippen LogP contribution in [0, 0.1) is 11.8 Å². The van der Waals surface area contributed by atoms with Gasteiger partial charge < -0.3 is 19.6 Å². The molecule has 0 aliphatic carbocycles. The molecule has 7 nitrogen and oxygen atoms in total. The highest BCUT2D eigenvalue weighted by molar-refractivity contribution is 9.09. The maximum atomic E-state index is 14.2. The van der Waals surface area contributed by atoms with Gasteiger partial charge in [-0.05, 0) is 45.4 Å². The fourth-order valence-corrected chi connectivity index (χ4v) is 9.77. The number of unbranched alkanes of at least 4 members (excludes halogenated alkanes) is 2. The van der Waals surface area contributed by atoms with Crippen LogP contribution in [0.5, 0.6) is 0 Å². The molecule has 3 aliphatic rings. The summed E-state index contributed by atoms with van der Waals surface area (Å²) in [5, 5.41) is 9.41. The minimum atomic E-state index is -0.694. The molecule has 3 saturated heterocycles. The van der Waals surface area contributed by atoms with Crippen LogP contribution in [0.4, 0.5) is 0 Å². The first-order chi connectivity index (χ1) is 17.3. The Hall–Kier alpha value is -1.32. The normalized spacial score (nSPS) is 31.3. The lowest BCUT2D eigenvalue weighted by Crippen LogP contribution is -2.57. The van der Waals surface area contributed by atoms with Crippen molar-refractivity contribution in [3.8, 4) is 0 Å². The molecule has 0 radical (unpaired) electrons. The number of ether oxygens (including phenoxy) is 1. The van der Waals surface area contributed by atoms with E-state index in [1.165, 1.54) is 0 Å². The summed E-state index contributed by atoms with van der Waals surface area (Å²) < 4.78 is 4.97. The van der Waals surface area contributed by atoms with E-state index in [-0.39, 0.29) is 47.1 Å². The number of halogens is 1. The van der Waals surface area contributed by atoms with Crippen LogP contribution in [0.2, 0.25) is 0 Å². The summed E-state index contributed by atoms with van der Waals surface area (Å²) >= 11 is 5.40. The van der Waals surface area contributed by atoms with Crippen LogP contribution in [-0.4, -0.2) is 85.9 Å². The van der Waals surface area contributed by atoms with E-state index >= 15 is 0 Å². The third-order valence-corrected chi connectivity index (χ3v) is 11.0. The van der Waals surface area contributed by atoms with Crippen molar-refractivity contribution in [1.29, 1.82) is 0 Å². The molecule has 1 N–H and O–H groups in total. The molecule has 36 heavy (non-hydrogen) atoms. The summed E-state index contributed by atoms with van der Waals surface area (Å²) in [5.74, 6) is -1.77. The lowest BCUT2D eigenvalue weighted by molar-refractivity contribution is -0.154. The quantitative estimate of drug-likeness (QED) is 0.136. The van der Waals surface area contributed by atoms with E-state index in [4.69, 9.17) is 4.74 Å². The number of rotatable bonds is 15. The van der Waals surface area contributed by atoms with Crippen molar-refractivity contribution in [2.75, 3.05) is 26.3 Å². The number of carbonyl (C=O) groups is 3. The van der Waals surface area contributed by atoms with E-state index in [2.05, 4.69) is 36.0 Å². The van der Waals surface area contributed by atoms with Gasteiger partial charge in [0.1, 0.15) is 6.04 Å². The summed E-state index contributed by atoms with van der Waals surface area (Å²) in [7, 11) is 0. The number of hydrogen-bond acceptors (Lipinski definition) is 6. The predicted molar refractivity (Wildman–Crippen MR) is 147 cm³/mol. The monoisotopic (exact) mass is 584 g/mol. The number of aliphatic hydroxyl groups is 1. The second-order valence-corrected chi connectivity index (χ2v) is 12.9. The van der Waals surface area contributed by atoms with Gasteiger partial charge in [-0.2, -0.15) is 0 Å². The number of nitrogens with zero attached hydrogens (tertiary/aromatic N) is 2. The van der Waals surface area contributed by atoms with Crippen LogP contribution >= 0.6 is 27.7 Å². The lowest BCUT2D eigenvalue weighted by atomic mass is 9.71. The average molecular weight is 586 g/mol. The van der Waals surface area contributed by atoms with Gasteiger partial charge in [0.05, 0.1) is 23.2 Å². The summed E-state index contributed by atoms with van der Waals surface area (Å²) in [5.41, 5.74) is 0. The largest absolute Gasteiger partial charge is 0.465 e. The zero-order chi connectivity index (χ0) is 26.5. The van der Waals surface area contributed by atoms with E-state index < -0.39 is 22.6 Å². The number of alkyl halides is 1. The van der Waals surface area contributed by atoms with Gasteiger partial charge in [-0.3, -0.25) is 14.4 Å². The van der Waals surface area contributed by atoms with Crippen molar-refractivity contribution >= 4 is 45.5 Å². The fraction of sp³-hybridized carbons (Fsp3) is 0.741. The molecule has 3 rings (SSSR count). The summed E-state index contributed by atoms with van der Waals surface area (Å²) in [6.45, 7) is 12.6. The second-order valence-electron chi connectivity index (χ2n) is 10.1. The highest BCUT2D eigenvalue weighted by atomic mass is 79.9. The SMILES string of the molecule is C=CCCCCOC(=O)[C@H]1[C@H]2C(=O)N(CCCO)C(C(=O)N(CC=C)C(C)CCC)C23CC(Br)[C@@H]1S3. The molecule has 2 amide bonds. The molecule has 202 valence electrons. The zero-order valence-corrected chi connectivity index (χ0v) is 24.0. The van der Waals surface area contributed by atoms with Gasteiger partial charge in [0, 0.05) is 35.8 Å². The highest BCUT2D eigenvalue weighted by Crippen LogP contribution is 2.68. The van der Waals surface area contributed by atoms with Crippen molar-refractivity contribution < 1.29 is 24.2 Å². The Kier molecular flexibility index (Phi) is 10.5. The summed E-state index contributed by atoms with van der Waals surface area (Å²) in [6.07, 6.45) is 8.90. The van der Waals surface area contributed by atoms with Crippen molar-refractivity contribution in [3.63, 3.8) is 0 Å². The molecule has 0 aromatic rings. The van der Waals surface area contributed by atoms with Crippen LogP contribution in [0.1, 0.15) is 58.8 Å². The fourth-order valence-electron chi connectivity index (χ4n) is 6.18. The van der Waals surface area contributed by atoms with Crippen molar-refractivity contribution in [2.45, 2.75) is 85.7 Å². The molecule has 0 aromatic carbocycles. The van der Waals surface area contributed by atoms with E-state index in [0.717, 1.165) is 32.1 Å². The topological polar surface area (TPSA) is 87.1 Å². The number of likely N-dealkylation sites (tertiary alicyclic amines) is 1. The number of hydrogen-bond donors (Lipinski definition) is 1. The molecule has 3 fully saturated rings. The van der Waals surface area contributed by atoms with Crippen molar-refractivity contribution in [3.05, 3.63) is 25.3 Å². The molecule has 3 heterocycles. The number of thioether (sulfide) groups is 1. The Bertz CT molecular complexity index is 841. The molecule has 3 aliphatic heterocycles. The first-order valence-electron chi connectivity index (χ1n) is 13.2. The number of fused-ring (bicyclic) bond motifs is 1. The summed E-state index contributed by atoms with van der Waals surface area (Å²) in [6, 6.07) is -0.674. The number of aliphatic hydroxyl groups excluding tert-OH is 1. The van der Waals surface area contributed by atoms with Crippen molar-refractivity contribution in [2.24, 2.45) is 11.8 Å². The van der Waals surface area contributed by atoms with Gasteiger partial charge in [0.2, 0.25) is 11.8 Å². The van der Waals surface area contributed by atoms with Gasteiger partial charge in [0.25, 0.3) is 0 Å². The molecule has 1 spiro atoms. The molecule has 7 atom stereocenters. The Morgan fingerprint density at radius 1 is 1.33 bits per heavy atom. The van der Waals surface area contributed by atoms with Crippen LogP contribution in [0.3, 0.4) is 0 Å². The minimum Gasteiger partial charge on any atom is -0.465 e. The maximum Gasteiger partial charge on any atom is 0.310 e. The van der Waals surface area contributed by atoms with Crippen LogP contribution in [0.15, 0.2) is 25.3 Å².